The van der Waals surface area contributed by atoms with Crippen LogP contribution in [0, 0.1) is 0 Å². The largest absolute Gasteiger partial charge is 0.253 e. The van der Waals surface area contributed by atoms with Crippen LogP contribution in [0.3, 0.4) is 0 Å². The zero-order valence-electron chi connectivity index (χ0n) is 10.8. The van der Waals surface area contributed by atoms with Gasteiger partial charge in [-0.25, -0.2) is 0 Å². The number of aromatic nitrogens is 3. The van der Waals surface area contributed by atoms with Crippen molar-refractivity contribution in [3.8, 4) is 0 Å². The first kappa shape index (κ1) is 13.1. The molecule has 0 amide bonds. The summed E-state index contributed by atoms with van der Waals surface area (Å²) >= 11 is 5.92. The van der Waals surface area contributed by atoms with Crippen LogP contribution in [0.25, 0.3) is 0 Å². The Balaban J connectivity index is 2.11. The summed E-state index contributed by atoms with van der Waals surface area (Å²) in [7, 11) is 0. The highest BCUT2D eigenvalue weighted by molar-refractivity contribution is 6.30. The van der Waals surface area contributed by atoms with Gasteiger partial charge in [0.05, 0.1) is 5.69 Å². The van der Waals surface area contributed by atoms with Gasteiger partial charge >= 0.3 is 0 Å². The standard InChI is InChI=1S/C14H18ClN3/c1-3-11(12-5-7-13(15)8-6-12)9-14-10-18(4-2)17-16-14/h5-8,10-11H,3-4,9H2,1-2H3. The van der Waals surface area contributed by atoms with Crippen LogP contribution in [0.15, 0.2) is 30.5 Å². The van der Waals surface area contributed by atoms with E-state index in [4.69, 9.17) is 11.6 Å². The van der Waals surface area contributed by atoms with E-state index in [0.29, 0.717) is 5.92 Å². The lowest BCUT2D eigenvalue weighted by molar-refractivity contribution is 0.624. The lowest BCUT2D eigenvalue weighted by Gasteiger charge is -2.13. The topological polar surface area (TPSA) is 30.7 Å². The molecule has 0 aliphatic heterocycles. The van der Waals surface area contributed by atoms with Crippen LogP contribution in [-0.2, 0) is 13.0 Å². The molecular weight excluding hydrogens is 246 g/mol. The van der Waals surface area contributed by atoms with E-state index in [9.17, 15) is 0 Å². The molecule has 0 aliphatic rings. The fourth-order valence-electron chi connectivity index (χ4n) is 2.07. The van der Waals surface area contributed by atoms with Crippen molar-refractivity contribution < 1.29 is 0 Å². The van der Waals surface area contributed by atoms with Gasteiger partial charge < -0.3 is 0 Å². The van der Waals surface area contributed by atoms with Crippen molar-refractivity contribution in [3.63, 3.8) is 0 Å². The minimum atomic E-state index is 0.476. The number of nitrogens with zero attached hydrogens (tertiary/aromatic N) is 3. The SMILES string of the molecule is CCC(Cc1cn(CC)nn1)c1ccc(Cl)cc1. The van der Waals surface area contributed by atoms with Crippen molar-refractivity contribution in [3.05, 3.63) is 46.7 Å². The Hall–Kier alpha value is -1.35. The van der Waals surface area contributed by atoms with Crippen molar-refractivity contribution in [2.75, 3.05) is 0 Å². The highest BCUT2D eigenvalue weighted by Crippen LogP contribution is 2.24. The number of benzene rings is 1. The Morgan fingerprint density at radius 1 is 1.22 bits per heavy atom. The van der Waals surface area contributed by atoms with Crippen LogP contribution in [0.5, 0.6) is 0 Å². The molecule has 2 rings (SSSR count). The van der Waals surface area contributed by atoms with Crippen LogP contribution in [-0.4, -0.2) is 15.0 Å². The molecule has 0 bridgehead atoms. The number of rotatable bonds is 5. The molecule has 18 heavy (non-hydrogen) atoms. The molecule has 0 spiro atoms. The zero-order chi connectivity index (χ0) is 13.0. The molecule has 0 N–H and O–H groups in total. The molecule has 4 heteroatoms. The van der Waals surface area contributed by atoms with Crippen molar-refractivity contribution in [1.29, 1.82) is 0 Å². The third kappa shape index (κ3) is 3.10. The molecule has 2 aromatic rings. The van der Waals surface area contributed by atoms with Gasteiger partial charge in [-0.15, -0.1) is 5.10 Å². The summed E-state index contributed by atoms with van der Waals surface area (Å²) in [6, 6.07) is 8.09. The minimum absolute atomic E-state index is 0.476. The quantitative estimate of drug-likeness (QED) is 0.824. The second-order valence-corrected chi connectivity index (χ2v) is 4.86. The van der Waals surface area contributed by atoms with Crippen molar-refractivity contribution in [2.24, 2.45) is 0 Å². The normalized spacial score (nSPS) is 12.6. The summed E-state index contributed by atoms with van der Waals surface area (Å²) in [5.41, 5.74) is 2.37. The third-order valence-corrected chi connectivity index (χ3v) is 3.45. The van der Waals surface area contributed by atoms with Gasteiger partial charge in [0.15, 0.2) is 0 Å². The van der Waals surface area contributed by atoms with E-state index in [-0.39, 0.29) is 0 Å². The minimum Gasteiger partial charge on any atom is -0.253 e. The van der Waals surface area contributed by atoms with Gasteiger partial charge in [0.1, 0.15) is 0 Å². The molecule has 1 aromatic heterocycles. The molecule has 0 fully saturated rings. The summed E-state index contributed by atoms with van der Waals surface area (Å²) in [6.07, 6.45) is 4.04. The molecule has 1 atom stereocenters. The smallest absolute Gasteiger partial charge is 0.0833 e. The molecule has 1 aromatic carbocycles. The van der Waals surface area contributed by atoms with Crippen LogP contribution in [0.2, 0.25) is 5.02 Å². The molecule has 1 unspecified atom stereocenters. The van der Waals surface area contributed by atoms with Gasteiger partial charge in [-0.3, -0.25) is 4.68 Å². The van der Waals surface area contributed by atoms with Gasteiger partial charge in [-0.05, 0) is 43.4 Å². The second-order valence-electron chi connectivity index (χ2n) is 4.43. The average molecular weight is 264 g/mol. The van der Waals surface area contributed by atoms with Gasteiger partial charge in [0.25, 0.3) is 0 Å². The first-order valence-corrected chi connectivity index (χ1v) is 6.75. The highest BCUT2D eigenvalue weighted by Gasteiger charge is 2.12. The highest BCUT2D eigenvalue weighted by atomic mass is 35.5. The zero-order valence-corrected chi connectivity index (χ0v) is 11.6. The Morgan fingerprint density at radius 2 is 1.94 bits per heavy atom. The summed E-state index contributed by atoms with van der Waals surface area (Å²) in [5, 5.41) is 9.06. The fraction of sp³-hybridized carbons (Fsp3) is 0.429. The lowest BCUT2D eigenvalue weighted by atomic mass is 9.92. The van der Waals surface area contributed by atoms with E-state index in [1.807, 2.05) is 23.0 Å². The van der Waals surface area contributed by atoms with Crippen molar-refractivity contribution in [2.45, 2.75) is 39.2 Å². The maximum absolute atomic E-state index is 5.92. The third-order valence-electron chi connectivity index (χ3n) is 3.20. The Kier molecular flexibility index (Phi) is 4.37. The summed E-state index contributed by atoms with van der Waals surface area (Å²) < 4.78 is 1.86. The number of aryl methyl sites for hydroxylation is 1. The first-order chi connectivity index (χ1) is 8.72. The maximum Gasteiger partial charge on any atom is 0.0833 e. The summed E-state index contributed by atoms with van der Waals surface area (Å²) in [6.45, 7) is 5.13. The number of halogens is 1. The van der Waals surface area contributed by atoms with Gasteiger partial charge in [0, 0.05) is 17.8 Å². The Morgan fingerprint density at radius 3 is 2.50 bits per heavy atom. The van der Waals surface area contributed by atoms with E-state index >= 15 is 0 Å². The van der Waals surface area contributed by atoms with E-state index in [1.54, 1.807) is 0 Å². The van der Waals surface area contributed by atoms with Crippen molar-refractivity contribution >= 4 is 11.6 Å². The van der Waals surface area contributed by atoms with Gasteiger partial charge in [-0.2, -0.15) is 0 Å². The van der Waals surface area contributed by atoms with Crippen LogP contribution in [0.1, 0.15) is 37.4 Å². The average Bonchev–Trinajstić information content (AvgIpc) is 2.85. The summed E-state index contributed by atoms with van der Waals surface area (Å²) in [4.78, 5) is 0. The van der Waals surface area contributed by atoms with Gasteiger partial charge in [0.2, 0.25) is 0 Å². The van der Waals surface area contributed by atoms with E-state index in [2.05, 4.69) is 36.3 Å². The molecule has 0 saturated heterocycles. The predicted octanol–water partition coefficient (Wildman–Crippen LogP) is 3.69. The second kappa shape index (κ2) is 6.01. The number of hydrogen-bond acceptors (Lipinski definition) is 2. The predicted molar refractivity (Wildman–Crippen MR) is 73.9 cm³/mol. The molecule has 96 valence electrons. The van der Waals surface area contributed by atoms with E-state index in [1.165, 1.54) is 5.56 Å². The van der Waals surface area contributed by atoms with Crippen LogP contribution in [0.4, 0.5) is 0 Å². The van der Waals surface area contributed by atoms with Crippen LogP contribution >= 0.6 is 11.6 Å². The first-order valence-electron chi connectivity index (χ1n) is 6.37. The Bertz CT molecular complexity index is 490. The molecule has 1 heterocycles. The van der Waals surface area contributed by atoms with Gasteiger partial charge in [-0.1, -0.05) is 35.9 Å². The molecule has 3 nitrogen and oxygen atoms in total. The molecule has 0 aliphatic carbocycles. The van der Waals surface area contributed by atoms with E-state index in [0.717, 1.165) is 30.1 Å². The monoisotopic (exact) mass is 263 g/mol. The number of hydrogen-bond donors (Lipinski definition) is 0. The fourth-order valence-corrected chi connectivity index (χ4v) is 2.20. The molecular formula is C14H18ClN3. The Labute approximate surface area is 113 Å². The molecule has 0 saturated carbocycles. The van der Waals surface area contributed by atoms with Crippen LogP contribution < -0.4 is 0 Å². The molecule has 0 radical (unpaired) electrons. The summed E-state index contributed by atoms with van der Waals surface area (Å²) in [5.74, 6) is 0.476. The van der Waals surface area contributed by atoms with E-state index < -0.39 is 0 Å². The van der Waals surface area contributed by atoms with Crippen molar-refractivity contribution in [1.82, 2.24) is 15.0 Å². The lowest BCUT2D eigenvalue weighted by Crippen LogP contribution is -2.02. The maximum atomic E-state index is 5.92.